The second-order valence-electron chi connectivity index (χ2n) is 4.91. The van der Waals surface area contributed by atoms with Gasteiger partial charge in [-0.3, -0.25) is 0 Å². The van der Waals surface area contributed by atoms with Crippen molar-refractivity contribution >= 4 is 12.0 Å². The van der Waals surface area contributed by atoms with Crippen molar-refractivity contribution in [3.8, 4) is 0 Å². The molecular formula is C14H21N3O2. The van der Waals surface area contributed by atoms with Crippen LogP contribution >= 0.6 is 0 Å². The Kier molecular flexibility index (Phi) is 4.63. The van der Waals surface area contributed by atoms with Gasteiger partial charge in [0.2, 0.25) is 6.29 Å². The molecule has 0 spiro atoms. The molecule has 104 valence electrons. The first kappa shape index (κ1) is 14.1. The topological polar surface area (TPSA) is 47.0 Å². The van der Waals surface area contributed by atoms with E-state index >= 15 is 0 Å². The fourth-order valence-electron chi connectivity index (χ4n) is 2.26. The Morgan fingerprint density at radius 1 is 1.32 bits per heavy atom. The standard InChI is InChI=1S/C14H21N3O2/c1-17(2)9-11-8-10-6-5-7-15-13(10)16-12(11)14(18-3)19-4/h7-8,14H,5-6,9H2,1-4H3. The Hall–Kier alpha value is -1.30. The quantitative estimate of drug-likeness (QED) is 0.763. The highest BCUT2D eigenvalue weighted by atomic mass is 16.7. The van der Waals surface area contributed by atoms with E-state index in [-0.39, 0.29) is 0 Å². The lowest BCUT2D eigenvalue weighted by molar-refractivity contribution is -0.109. The van der Waals surface area contributed by atoms with Crippen molar-refractivity contribution in [2.45, 2.75) is 25.7 Å². The maximum absolute atomic E-state index is 5.34. The Bertz CT molecular complexity index is 468. The summed E-state index contributed by atoms with van der Waals surface area (Å²) in [6.07, 6.45) is 3.45. The van der Waals surface area contributed by atoms with Crippen LogP contribution < -0.4 is 0 Å². The SMILES string of the molecule is COC(OC)c1nc2c(cc1CN(C)C)CCC=N2. The largest absolute Gasteiger partial charge is 0.350 e. The van der Waals surface area contributed by atoms with Crippen molar-refractivity contribution in [3.05, 3.63) is 22.9 Å². The van der Waals surface area contributed by atoms with E-state index in [1.54, 1.807) is 14.2 Å². The zero-order chi connectivity index (χ0) is 13.8. The number of methoxy groups -OCH3 is 2. The Balaban J connectivity index is 2.46. The van der Waals surface area contributed by atoms with Crippen molar-refractivity contribution in [2.24, 2.45) is 4.99 Å². The summed E-state index contributed by atoms with van der Waals surface area (Å²) >= 11 is 0. The number of aliphatic imine (C=N–C) groups is 1. The van der Waals surface area contributed by atoms with E-state index in [0.29, 0.717) is 0 Å². The summed E-state index contributed by atoms with van der Waals surface area (Å²) in [5.74, 6) is 0.794. The van der Waals surface area contributed by atoms with Crippen molar-refractivity contribution in [1.82, 2.24) is 9.88 Å². The van der Waals surface area contributed by atoms with E-state index in [1.165, 1.54) is 5.56 Å². The number of aryl methyl sites for hydroxylation is 1. The molecule has 5 heteroatoms. The van der Waals surface area contributed by atoms with E-state index in [0.717, 1.165) is 36.5 Å². The smallest absolute Gasteiger partial charge is 0.200 e. The van der Waals surface area contributed by atoms with Crippen LogP contribution in [0.3, 0.4) is 0 Å². The van der Waals surface area contributed by atoms with Crippen LogP contribution in [0, 0.1) is 0 Å². The molecule has 5 nitrogen and oxygen atoms in total. The number of pyridine rings is 1. The summed E-state index contributed by atoms with van der Waals surface area (Å²) in [5.41, 5.74) is 3.15. The van der Waals surface area contributed by atoms with Crippen LogP contribution in [-0.4, -0.2) is 44.4 Å². The number of fused-ring (bicyclic) bond motifs is 1. The van der Waals surface area contributed by atoms with E-state index in [1.807, 2.05) is 20.3 Å². The third-order valence-electron chi connectivity index (χ3n) is 3.09. The van der Waals surface area contributed by atoms with Gasteiger partial charge in [0.1, 0.15) is 5.69 Å². The zero-order valence-electron chi connectivity index (χ0n) is 12.0. The van der Waals surface area contributed by atoms with E-state index in [2.05, 4.69) is 20.9 Å². The summed E-state index contributed by atoms with van der Waals surface area (Å²) in [7, 11) is 7.32. The summed E-state index contributed by atoms with van der Waals surface area (Å²) in [6.45, 7) is 0.808. The number of ether oxygens (including phenoxy) is 2. The normalized spacial score (nSPS) is 14.2. The van der Waals surface area contributed by atoms with E-state index in [9.17, 15) is 0 Å². The average molecular weight is 263 g/mol. The molecule has 0 aliphatic carbocycles. The first-order valence-corrected chi connectivity index (χ1v) is 6.41. The second-order valence-corrected chi connectivity index (χ2v) is 4.91. The van der Waals surface area contributed by atoms with E-state index in [4.69, 9.17) is 9.47 Å². The summed E-state index contributed by atoms with van der Waals surface area (Å²) in [4.78, 5) is 11.1. The van der Waals surface area contributed by atoms with Crippen molar-refractivity contribution in [1.29, 1.82) is 0 Å². The minimum atomic E-state index is -0.447. The molecule has 0 N–H and O–H groups in total. The molecule has 2 rings (SSSR count). The maximum Gasteiger partial charge on any atom is 0.200 e. The fraction of sp³-hybridized carbons (Fsp3) is 0.571. The first-order chi connectivity index (χ1) is 9.15. The van der Waals surface area contributed by atoms with Gasteiger partial charge in [-0.15, -0.1) is 0 Å². The predicted molar refractivity (Wildman–Crippen MR) is 74.9 cm³/mol. The van der Waals surface area contributed by atoms with Crippen LogP contribution in [0.2, 0.25) is 0 Å². The van der Waals surface area contributed by atoms with Gasteiger partial charge in [-0.25, -0.2) is 9.98 Å². The molecule has 2 heterocycles. The van der Waals surface area contributed by atoms with Crippen molar-refractivity contribution < 1.29 is 9.47 Å². The molecule has 0 radical (unpaired) electrons. The third-order valence-corrected chi connectivity index (χ3v) is 3.09. The average Bonchev–Trinajstić information content (AvgIpc) is 2.40. The molecule has 1 aliphatic rings. The molecule has 0 fully saturated rings. The van der Waals surface area contributed by atoms with Gasteiger partial charge in [-0.2, -0.15) is 0 Å². The Morgan fingerprint density at radius 2 is 2.05 bits per heavy atom. The number of hydrogen-bond acceptors (Lipinski definition) is 5. The Labute approximate surface area is 114 Å². The highest BCUT2D eigenvalue weighted by Gasteiger charge is 2.20. The Morgan fingerprint density at radius 3 is 2.68 bits per heavy atom. The van der Waals surface area contributed by atoms with Gasteiger partial charge in [-0.05, 0) is 44.1 Å². The van der Waals surface area contributed by atoms with Crippen LogP contribution in [-0.2, 0) is 22.4 Å². The van der Waals surface area contributed by atoms with Gasteiger partial charge in [0.15, 0.2) is 5.82 Å². The van der Waals surface area contributed by atoms with Crippen LogP contribution in [0.5, 0.6) is 0 Å². The van der Waals surface area contributed by atoms with Crippen molar-refractivity contribution in [3.63, 3.8) is 0 Å². The van der Waals surface area contributed by atoms with Gasteiger partial charge < -0.3 is 14.4 Å². The molecule has 0 unspecified atom stereocenters. The summed E-state index contributed by atoms with van der Waals surface area (Å²) in [6, 6.07) is 2.18. The number of nitrogens with zero attached hydrogens (tertiary/aromatic N) is 3. The molecule has 0 bridgehead atoms. The van der Waals surface area contributed by atoms with Crippen molar-refractivity contribution in [2.75, 3.05) is 28.3 Å². The van der Waals surface area contributed by atoms with Crippen LogP contribution in [0.1, 0.15) is 29.5 Å². The van der Waals surface area contributed by atoms with Gasteiger partial charge in [-0.1, -0.05) is 0 Å². The van der Waals surface area contributed by atoms with Gasteiger partial charge in [0, 0.05) is 27.0 Å². The lowest BCUT2D eigenvalue weighted by Gasteiger charge is -2.21. The van der Waals surface area contributed by atoms with Gasteiger partial charge in [0.25, 0.3) is 0 Å². The number of hydrogen-bond donors (Lipinski definition) is 0. The molecule has 1 aromatic rings. The third kappa shape index (κ3) is 3.18. The highest BCUT2D eigenvalue weighted by Crippen LogP contribution is 2.29. The fourth-order valence-corrected chi connectivity index (χ4v) is 2.26. The predicted octanol–water partition coefficient (Wildman–Crippen LogP) is 2.08. The molecule has 0 aromatic carbocycles. The molecule has 0 atom stereocenters. The van der Waals surface area contributed by atoms with Crippen LogP contribution in [0.25, 0.3) is 0 Å². The monoisotopic (exact) mass is 263 g/mol. The molecule has 0 saturated heterocycles. The van der Waals surface area contributed by atoms with E-state index < -0.39 is 6.29 Å². The molecule has 19 heavy (non-hydrogen) atoms. The van der Waals surface area contributed by atoms with Gasteiger partial charge >= 0.3 is 0 Å². The lowest BCUT2D eigenvalue weighted by Crippen LogP contribution is -2.17. The lowest BCUT2D eigenvalue weighted by atomic mass is 10.0. The summed E-state index contributed by atoms with van der Waals surface area (Å²) in [5, 5.41) is 0. The minimum Gasteiger partial charge on any atom is -0.350 e. The minimum absolute atomic E-state index is 0.447. The van der Waals surface area contributed by atoms with Crippen LogP contribution in [0.15, 0.2) is 11.1 Å². The molecule has 0 amide bonds. The first-order valence-electron chi connectivity index (χ1n) is 6.41. The van der Waals surface area contributed by atoms with Crippen LogP contribution in [0.4, 0.5) is 5.82 Å². The maximum atomic E-state index is 5.34. The molecule has 0 saturated carbocycles. The molecule has 1 aliphatic heterocycles. The van der Waals surface area contributed by atoms with Gasteiger partial charge in [0.05, 0.1) is 0 Å². The molecule has 1 aromatic heterocycles. The second kappa shape index (κ2) is 6.23. The number of rotatable bonds is 5. The highest BCUT2D eigenvalue weighted by molar-refractivity contribution is 5.67. The molecular weight excluding hydrogens is 242 g/mol. The number of aromatic nitrogens is 1. The zero-order valence-corrected chi connectivity index (χ0v) is 12.0. The summed E-state index contributed by atoms with van der Waals surface area (Å²) < 4.78 is 10.7.